The van der Waals surface area contributed by atoms with Gasteiger partial charge in [0.1, 0.15) is 12.7 Å². The largest absolute Gasteiger partial charge is 0.486 e. The van der Waals surface area contributed by atoms with Gasteiger partial charge in [0.05, 0.1) is 0 Å². The number of amides is 2. The Morgan fingerprint density at radius 3 is 2.67 bits per heavy atom. The molecule has 5 aliphatic rings. The lowest BCUT2D eigenvalue weighted by Crippen LogP contribution is -2.53. The van der Waals surface area contributed by atoms with Gasteiger partial charge in [0, 0.05) is 25.2 Å². The van der Waals surface area contributed by atoms with E-state index in [9.17, 15) is 4.79 Å². The first-order valence-electron chi connectivity index (χ1n) is 10.4. The Bertz CT molecular complexity index is 696. The van der Waals surface area contributed by atoms with E-state index in [1.165, 1.54) is 32.1 Å². The third-order valence-corrected chi connectivity index (χ3v) is 6.88. The number of urea groups is 1. The normalized spacial score (nSPS) is 35.3. The third kappa shape index (κ3) is 3.35. The predicted molar refractivity (Wildman–Crippen MR) is 102 cm³/mol. The maximum absolute atomic E-state index is 12.4. The second kappa shape index (κ2) is 6.89. The molecule has 0 saturated heterocycles. The van der Waals surface area contributed by atoms with E-state index in [-0.39, 0.29) is 17.7 Å². The fraction of sp³-hybridized carbons (Fsp3) is 0.667. The van der Waals surface area contributed by atoms with Gasteiger partial charge in [-0.1, -0.05) is 12.1 Å². The lowest BCUT2D eigenvalue weighted by Gasteiger charge is -2.33. The van der Waals surface area contributed by atoms with Gasteiger partial charge in [0.25, 0.3) is 0 Å². The standard InChI is InChI=1S/C21H29N3O3/c25-20(24-21-10-14-7-15(11-21)9-16(21)8-14)23-6-5-22-12-17-13-26-18-3-1-2-4-19(18)27-17/h1-4,14-17,22H,5-13H2,(H2,23,24,25). The molecule has 6 rings (SSSR count). The Hall–Kier alpha value is -1.95. The van der Waals surface area contributed by atoms with Gasteiger partial charge in [-0.05, 0) is 62.0 Å². The summed E-state index contributed by atoms with van der Waals surface area (Å²) >= 11 is 0. The van der Waals surface area contributed by atoms with E-state index >= 15 is 0 Å². The molecular formula is C21H29N3O3. The van der Waals surface area contributed by atoms with Crippen LogP contribution >= 0.6 is 0 Å². The second-order valence-corrected chi connectivity index (χ2v) is 8.78. The summed E-state index contributed by atoms with van der Waals surface area (Å²) in [5.41, 5.74) is 0.103. The molecule has 1 aromatic carbocycles. The van der Waals surface area contributed by atoms with E-state index in [1.807, 2.05) is 24.3 Å². The quantitative estimate of drug-likeness (QED) is 0.671. The topological polar surface area (TPSA) is 71.6 Å². The van der Waals surface area contributed by atoms with Gasteiger partial charge in [-0.25, -0.2) is 4.79 Å². The maximum Gasteiger partial charge on any atom is 0.315 e. The van der Waals surface area contributed by atoms with Gasteiger partial charge in [-0.15, -0.1) is 0 Å². The van der Waals surface area contributed by atoms with Crippen molar-refractivity contribution in [2.24, 2.45) is 17.8 Å². The van der Waals surface area contributed by atoms with Gasteiger partial charge < -0.3 is 25.4 Å². The summed E-state index contributed by atoms with van der Waals surface area (Å²) in [4.78, 5) is 12.4. The lowest BCUT2D eigenvalue weighted by molar-refractivity contribution is 0.0906. The number of carbonyl (C=O) groups excluding carboxylic acids is 1. The number of rotatable bonds is 6. The van der Waals surface area contributed by atoms with Gasteiger partial charge >= 0.3 is 6.03 Å². The number of fused-ring (bicyclic) bond motifs is 1. The smallest absolute Gasteiger partial charge is 0.315 e. The predicted octanol–water partition coefficient (Wildman–Crippen LogP) is 2.29. The lowest BCUT2D eigenvalue weighted by atomic mass is 9.80. The van der Waals surface area contributed by atoms with E-state index in [4.69, 9.17) is 9.47 Å². The minimum Gasteiger partial charge on any atom is -0.486 e. The summed E-state index contributed by atoms with van der Waals surface area (Å²) in [6.45, 7) is 2.58. The number of hydrogen-bond donors (Lipinski definition) is 3. The fourth-order valence-corrected chi connectivity index (χ4v) is 5.96. The highest BCUT2D eigenvalue weighted by atomic mass is 16.6. The van der Waals surface area contributed by atoms with E-state index in [2.05, 4.69) is 16.0 Å². The van der Waals surface area contributed by atoms with Crippen molar-refractivity contribution in [3.63, 3.8) is 0 Å². The van der Waals surface area contributed by atoms with Crippen LogP contribution in [0.15, 0.2) is 24.3 Å². The molecule has 27 heavy (non-hydrogen) atoms. The molecule has 6 nitrogen and oxygen atoms in total. The number of benzene rings is 1. The number of nitrogens with one attached hydrogen (secondary N) is 3. The van der Waals surface area contributed by atoms with E-state index < -0.39 is 0 Å². The third-order valence-electron chi connectivity index (χ3n) is 6.88. The SMILES string of the molecule is O=C(NCCNCC1COc2ccccc2O1)NC12CC3CC(CC1C3)C2. The molecule has 1 heterocycles. The maximum atomic E-state index is 12.4. The molecule has 4 fully saturated rings. The zero-order valence-corrected chi connectivity index (χ0v) is 15.7. The average Bonchev–Trinajstić information content (AvgIpc) is 3.04. The summed E-state index contributed by atoms with van der Waals surface area (Å²) in [5.74, 6) is 4.03. The Balaban J connectivity index is 1.01. The first-order valence-corrected chi connectivity index (χ1v) is 10.4. The molecule has 3 atom stereocenters. The van der Waals surface area contributed by atoms with Crippen LogP contribution in [0.25, 0.3) is 0 Å². The first kappa shape index (κ1) is 17.2. The van der Waals surface area contributed by atoms with Crippen LogP contribution in [-0.4, -0.2) is 43.9 Å². The molecule has 0 spiro atoms. The molecule has 0 radical (unpaired) electrons. The van der Waals surface area contributed by atoms with Crippen LogP contribution in [0.1, 0.15) is 32.1 Å². The first-order chi connectivity index (χ1) is 13.2. The number of para-hydroxylation sites is 2. The average molecular weight is 371 g/mol. The van der Waals surface area contributed by atoms with Crippen LogP contribution in [0.4, 0.5) is 4.79 Å². The Morgan fingerprint density at radius 2 is 1.85 bits per heavy atom. The molecule has 3 unspecified atom stereocenters. The molecule has 146 valence electrons. The van der Waals surface area contributed by atoms with Crippen molar-refractivity contribution in [1.82, 2.24) is 16.0 Å². The zero-order valence-electron chi connectivity index (χ0n) is 15.7. The molecule has 0 aromatic heterocycles. The van der Waals surface area contributed by atoms with Crippen molar-refractivity contribution in [2.75, 3.05) is 26.2 Å². The van der Waals surface area contributed by atoms with Crippen LogP contribution in [0.2, 0.25) is 0 Å². The molecule has 1 aliphatic heterocycles. The van der Waals surface area contributed by atoms with Crippen LogP contribution in [0, 0.1) is 17.8 Å². The minimum absolute atomic E-state index is 0.00271. The van der Waals surface area contributed by atoms with Crippen molar-refractivity contribution < 1.29 is 14.3 Å². The zero-order chi connectivity index (χ0) is 18.3. The summed E-state index contributed by atoms with van der Waals surface area (Å²) in [6.07, 6.45) is 6.43. The van der Waals surface area contributed by atoms with Crippen molar-refractivity contribution in [2.45, 2.75) is 43.7 Å². The van der Waals surface area contributed by atoms with E-state index in [1.54, 1.807) is 0 Å². The van der Waals surface area contributed by atoms with Crippen molar-refractivity contribution in [3.05, 3.63) is 24.3 Å². The summed E-state index contributed by atoms with van der Waals surface area (Å²) in [7, 11) is 0. The van der Waals surface area contributed by atoms with Gasteiger partial charge in [0.15, 0.2) is 11.5 Å². The molecule has 1 aromatic rings. The molecule has 4 bridgehead atoms. The molecule has 2 amide bonds. The van der Waals surface area contributed by atoms with Crippen LogP contribution < -0.4 is 25.4 Å². The second-order valence-electron chi connectivity index (χ2n) is 8.78. The van der Waals surface area contributed by atoms with Gasteiger partial charge in [-0.3, -0.25) is 0 Å². The highest BCUT2D eigenvalue weighted by Gasteiger charge is 2.58. The number of ether oxygens (including phenoxy) is 2. The van der Waals surface area contributed by atoms with Crippen molar-refractivity contribution >= 4 is 6.03 Å². The molecule has 4 saturated carbocycles. The highest BCUT2D eigenvalue weighted by molar-refractivity contribution is 5.75. The Morgan fingerprint density at radius 1 is 1.07 bits per heavy atom. The number of carbonyl (C=O) groups is 1. The van der Waals surface area contributed by atoms with E-state index in [0.717, 1.165) is 35.8 Å². The molecule has 4 aliphatic carbocycles. The van der Waals surface area contributed by atoms with Crippen LogP contribution in [0.5, 0.6) is 11.5 Å². The Labute approximate surface area is 160 Å². The van der Waals surface area contributed by atoms with E-state index in [0.29, 0.717) is 19.7 Å². The summed E-state index contributed by atoms with van der Waals surface area (Å²) in [5, 5.41) is 9.71. The van der Waals surface area contributed by atoms with Crippen molar-refractivity contribution in [1.29, 1.82) is 0 Å². The summed E-state index contributed by atoms with van der Waals surface area (Å²) < 4.78 is 11.6. The monoisotopic (exact) mass is 371 g/mol. The fourth-order valence-electron chi connectivity index (χ4n) is 5.96. The molecule has 6 heteroatoms. The highest BCUT2D eigenvalue weighted by Crippen LogP contribution is 2.60. The Kier molecular flexibility index (Phi) is 4.38. The van der Waals surface area contributed by atoms with Gasteiger partial charge in [-0.2, -0.15) is 0 Å². The summed E-state index contributed by atoms with van der Waals surface area (Å²) in [6, 6.07) is 7.73. The van der Waals surface area contributed by atoms with Gasteiger partial charge in [0.2, 0.25) is 0 Å². The van der Waals surface area contributed by atoms with Crippen LogP contribution in [0.3, 0.4) is 0 Å². The van der Waals surface area contributed by atoms with Crippen LogP contribution in [-0.2, 0) is 0 Å². The van der Waals surface area contributed by atoms with Crippen molar-refractivity contribution in [3.8, 4) is 11.5 Å². The minimum atomic E-state index is -0.00354. The molecular weight excluding hydrogens is 342 g/mol. The number of hydrogen-bond acceptors (Lipinski definition) is 4. The molecule has 3 N–H and O–H groups in total.